The van der Waals surface area contributed by atoms with Crippen molar-refractivity contribution in [3.63, 3.8) is 0 Å². The summed E-state index contributed by atoms with van der Waals surface area (Å²) in [6.07, 6.45) is -0.821. The maximum absolute atomic E-state index is 10.6. The summed E-state index contributed by atoms with van der Waals surface area (Å²) in [5.41, 5.74) is 1.05. The molecule has 0 aliphatic rings. The molecule has 0 spiro atoms. The minimum Gasteiger partial charge on any atom is -0.491 e. The monoisotopic (exact) mass is 330 g/mol. The molecule has 0 saturated carbocycles. The van der Waals surface area contributed by atoms with Crippen LogP contribution in [0.15, 0.2) is 48.5 Å². The number of rotatable bonds is 9. The van der Waals surface area contributed by atoms with Gasteiger partial charge in [-0.15, -0.1) is 0 Å². The molecule has 126 valence electrons. The highest BCUT2D eigenvalue weighted by Gasteiger charge is 2.18. The van der Waals surface area contributed by atoms with Gasteiger partial charge in [-0.1, -0.05) is 0 Å². The first-order valence-corrected chi connectivity index (χ1v) is 7.34. The summed E-state index contributed by atoms with van der Waals surface area (Å²) in [5.74, 6) is 0.967. The first kappa shape index (κ1) is 17.7. The average Bonchev–Trinajstić information content (AvgIpc) is 2.64. The van der Waals surface area contributed by atoms with Crippen LogP contribution in [-0.2, 0) is 0 Å². The zero-order chi connectivity index (χ0) is 17.4. The van der Waals surface area contributed by atoms with Crippen LogP contribution in [0.4, 0.5) is 0 Å². The van der Waals surface area contributed by atoms with Gasteiger partial charge in [0, 0.05) is 11.1 Å². The molecule has 2 N–H and O–H groups in total. The van der Waals surface area contributed by atoms with E-state index < -0.39 is 12.2 Å². The highest BCUT2D eigenvalue weighted by molar-refractivity contribution is 5.75. The smallest absolute Gasteiger partial charge is 0.150 e. The average molecular weight is 330 g/mol. The highest BCUT2D eigenvalue weighted by Crippen LogP contribution is 2.13. The zero-order valence-electron chi connectivity index (χ0n) is 12.9. The lowest BCUT2D eigenvalue weighted by molar-refractivity contribution is -0.0288. The molecule has 0 fully saturated rings. The molecule has 2 aromatic rings. The van der Waals surface area contributed by atoms with Crippen LogP contribution in [-0.4, -0.2) is 48.2 Å². The summed E-state index contributed by atoms with van der Waals surface area (Å²) < 4.78 is 10.7. The van der Waals surface area contributed by atoms with E-state index in [1.54, 1.807) is 48.5 Å². The molecule has 0 radical (unpaired) electrons. The van der Waals surface area contributed by atoms with E-state index in [4.69, 9.17) is 9.47 Å². The second kappa shape index (κ2) is 8.81. The van der Waals surface area contributed by atoms with Gasteiger partial charge in [0.2, 0.25) is 0 Å². The molecule has 2 aromatic carbocycles. The fraction of sp³-hybridized carbons (Fsp3) is 0.222. The molecule has 2 unspecified atom stereocenters. The first-order valence-electron chi connectivity index (χ1n) is 7.34. The Morgan fingerprint density at radius 3 is 1.33 bits per heavy atom. The number of hydrogen-bond donors (Lipinski definition) is 2. The molecule has 0 amide bonds. The summed E-state index contributed by atoms with van der Waals surface area (Å²) in [6.45, 7) is -0.232. The number of carbonyl (C=O) groups excluding carboxylic acids is 2. The molecular formula is C18H18O6. The predicted octanol–water partition coefficient (Wildman–Crippen LogP) is 1.49. The van der Waals surface area contributed by atoms with E-state index in [-0.39, 0.29) is 13.2 Å². The minimum atomic E-state index is -1.13. The van der Waals surface area contributed by atoms with Crippen molar-refractivity contribution in [2.45, 2.75) is 12.2 Å². The number of aliphatic hydroxyl groups is 2. The fourth-order valence-corrected chi connectivity index (χ4v) is 1.87. The topological polar surface area (TPSA) is 93.1 Å². The summed E-state index contributed by atoms with van der Waals surface area (Å²) in [5, 5.41) is 19.8. The second-order valence-corrected chi connectivity index (χ2v) is 5.13. The Bertz CT molecular complexity index is 591. The molecule has 0 saturated heterocycles. The van der Waals surface area contributed by atoms with Gasteiger partial charge < -0.3 is 19.7 Å². The van der Waals surface area contributed by atoms with E-state index in [1.165, 1.54) is 0 Å². The quantitative estimate of drug-likeness (QED) is 0.677. The molecule has 6 heteroatoms. The van der Waals surface area contributed by atoms with Gasteiger partial charge in [-0.25, -0.2) is 0 Å². The molecule has 0 aliphatic heterocycles. The van der Waals surface area contributed by atoms with Crippen molar-refractivity contribution in [2.75, 3.05) is 13.2 Å². The van der Waals surface area contributed by atoms with Crippen molar-refractivity contribution in [3.8, 4) is 11.5 Å². The van der Waals surface area contributed by atoms with Crippen molar-refractivity contribution < 1.29 is 29.3 Å². The number of ether oxygens (including phenoxy) is 2. The van der Waals surface area contributed by atoms with Gasteiger partial charge in [0.1, 0.15) is 49.5 Å². The maximum atomic E-state index is 10.6. The first-order chi connectivity index (χ1) is 11.6. The van der Waals surface area contributed by atoms with Gasteiger partial charge in [0.15, 0.2) is 0 Å². The van der Waals surface area contributed by atoms with Gasteiger partial charge in [-0.3, -0.25) is 9.59 Å². The van der Waals surface area contributed by atoms with Crippen molar-refractivity contribution in [1.29, 1.82) is 0 Å². The van der Waals surface area contributed by atoms with Gasteiger partial charge >= 0.3 is 0 Å². The van der Waals surface area contributed by atoms with E-state index in [2.05, 4.69) is 0 Å². The summed E-state index contributed by atoms with van der Waals surface area (Å²) >= 11 is 0. The number of aldehydes is 2. The third-order valence-electron chi connectivity index (χ3n) is 3.32. The molecule has 0 aromatic heterocycles. The normalized spacial score (nSPS) is 12.9. The molecule has 0 heterocycles. The molecule has 6 nitrogen and oxygen atoms in total. The predicted molar refractivity (Wildman–Crippen MR) is 86.7 cm³/mol. The molecular weight excluding hydrogens is 312 g/mol. The summed E-state index contributed by atoms with van der Waals surface area (Å²) in [6, 6.07) is 12.8. The number of carbonyl (C=O) groups is 2. The Kier molecular flexibility index (Phi) is 6.48. The van der Waals surface area contributed by atoms with Crippen molar-refractivity contribution in [3.05, 3.63) is 59.7 Å². The van der Waals surface area contributed by atoms with Gasteiger partial charge in [-0.2, -0.15) is 0 Å². The SMILES string of the molecule is O=Cc1ccc(OCC(O)C(O)COc2ccc(C=O)cc2)cc1. The van der Waals surface area contributed by atoms with E-state index in [0.29, 0.717) is 22.6 Å². The van der Waals surface area contributed by atoms with Crippen molar-refractivity contribution in [2.24, 2.45) is 0 Å². The van der Waals surface area contributed by atoms with Gasteiger partial charge in [0.25, 0.3) is 0 Å². The van der Waals surface area contributed by atoms with Crippen molar-refractivity contribution in [1.82, 2.24) is 0 Å². The fourth-order valence-electron chi connectivity index (χ4n) is 1.87. The summed E-state index contributed by atoms with van der Waals surface area (Å²) in [4.78, 5) is 21.1. The third kappa shape index (κ3) is 5.19. The summed E-state index contributed by atoms with van der Waals surface area (Å²) in [7, 11) is 0. The molecule has 0 bridgehead atoms. The van der Waals surface area contributed by atoms with Crippen molar-refractivity contribution >= 4 is 12.6 Å². The standard InChI is InChI=1S/C18H18O6/c19-9-13-1-5-15(6-2-13)23-11-17(21)18(22)12-24-16-7-3-14(10-20)4-8-16/h1-10,17-18,21-22H,11-12H2. The lowest BCUT2D eigenvalue weighted by atomic mass is 10.2. The molecule has 0 aliphatic carbocycles. The third-order valence-corrected chi connectivity index (χ3v) is 3.32. The Balaban J connectivity index is 1.77. The van der Waals surface area contributed by atoms with Crippen LogP contribution in [0.1, 0.15) is 20.7 Å². The largest absolute Gasteiger partial charge is 0.491 e. The van der Waals surface area contributed by atoms with Crippen LogP contribution in [0.25, 0.3) is 0 Å². The second-order valence-electron chi connectivity index (χ2n) is 5.13. The van der Waals surface area contributed by atoms with E-state index >= 15 is 0 Å². The molecule has 24 heavy (non-hydrogen) atoms. The number of hydrogen-bond acceptors (Lipinski definition) is 6. The van der Waals surface area contributed by atoms with Crippen LogP contribution >= 0.6 is 0 Å². The zero-order valence-corrected chi connectivity index (χ0v) is 12.9. The lowest BCUT2D eigenvalue weighted by Crippen LogP contribution is -2.36. The Morgan fingerprint density at radius 1 is 0.708 bits per heavy atom. The van der Waals surface area contributed by atoms with Crippen LogP contribution in [0, 0.1) is 0 Å². The Labute approximate surface area is 139 Å². The van der Waals surface area contributed by atoms with Crippen LogP contribution < -0.4 is 9.47 Å². The van der Waals surface area contributed by atoms with Gasteiger partial charge in [0.05, 0.1) is 0 Å². The maximum Gasteiger partial charge on any atom is 0.150 e. The molecule has 2 atom stereocenters. The van der Waals surface area contributed by atoms with E-state index in [9.17, 15) is 19.8 Å². The number of aliphatic hydroxyl groups excluding tert-OH is 2. The van der Waals surface area contributed by atoms with Gasteiger partial charge in [-0.05, 0) is 48.5 Å². The lowest BCUT2D eigenvalue weighted by Gasteiger charge is -2.19. The number of benzene rings is 2. The molecule has 2 rings (SSSR count). The minimum absolute atomic E-state index is 0.116. The van der Waals surface area contributed by atoms with Crippen LogP contribution in [0.5, 0.6) is 11.5 Å². The van der Waals surface area contributed by atoms with E-state index in [1.807, 2.05) is 0 Å². The highest BCUT2D eigenvalue weighted by atomic mass is 16.5. The van der Waals surface area contributed by atoms with Crippen LogP contribution in [0.2, 0.25) is 0 Å². The van der Waals surface area contributed by atoms with Crippen LogP contribution in [0.3, 0.4) is 0 Å². The van der Waals surface area contributed by atoms with E-state index in [0.717, 1.165) is 12.6 Å². The Morgan fingerprint density at radius 2 is 1.04 bits per heavy atom. The Hall–Kier alpha value is -2.70.